The predicted octanol–water partition coefficient (Wildman–Crippen LogP) is 10.7. The molecule has 0 spiro atoms. The van der Waals surface area contributed by atoms with Crippen molar-refractivity contribution < 1.29 is 68.8 Å². The average Bonchev–Trinajstić information content (AvgIpc) is 3.61. The van der Waals surface area contributed by atoms with E-state index >= 15 is 0 Å². The van der Waals surface area contributed by atoms with Crippen molar-refractivity contribution in [2.45, 2.75) is 158 Å². The first-order valence-electron chi connectivity index (χ1n) is 28.5. The summed E-state index contributed by atoms with van der Waals surface area (Å²) in [5, 5.41) is 71.9. The second kappa shape index (κ2) is 32.0. The molecule has 2 aliphatic heterocycles. The molecule has 17 nitrogen and oxygen atoms in total. The van der Waals surface area contributed by atoms with Gasteiger partial charge in [-0.25, -0.2) is 0 Å². The number of rotatable bonds is 7. The molecule has 0 radical (unpaired) electrons. The molecule has 12 atom stereocenters. The molecule has 0 aliphatic carbocycles. The fourth-order valence-corrected chi connectivity index (χ4v) is 10.7. The Hall–Kier alpha value is -7.18. The number of amides is 2. The van der Waals surface area contributed by atoms with Crippen LogP contribution < -0.4 is 16.4 Å². The Kier molecular flexibility index (Phi) is 26.4. The number of methoxy groups -OCH3 is 2. The number of esters is 2. The summed E-state index contributed by atoms with van der Waals surface area (Å²) < 4.78 is 22.7. The Labute approximate surface area is 490 Å². The van der Waals surface area contributed by atoms with Gasteiger partial charge in [-0.2, -0.15) is 0 Å². The van der Waals surface area contributed by atoms with Crippen molar-refractivity contribution in [3.63, 3.8) is 0 Å². The predicted molar refractivity (Wildman–Crippen MR) is 325 cm³/mol. The molecule has 0 saturated heterocycles. The number of aliphatic hydroxyl groups is 2. The highest BCUT2D eigenvalue weighted by atomic mass is 16.5. The van der Waals surface area contributed by atoms with Crippen LogP contribution in [0.5, 0.6) is 23.0 Å². The van der Waals surface area contributed by atoms with Crippen LogP contribution in [0, 0.1) is 35.5 Å². The minimum absolute atomic E-state index is 0.00319. The van der Waals surface area contributed by atoms with Gasteiger partial charge in [0.05, 0.1) is 41.5 Å². The minimum atomic E-state index is -0.862. The number of hydrogen-bond donors (Lipinski definition) is 9. The number of aromatic hydroxyl groups is 4. The lowest BCUT2D eigenvalue weighted by molar-refractivity contribution is -0.146. The summed E-state index contributed by atoms with van der Waals surface area (Å²) in [6.45, 7) is 21.2. The van der Waals surface area contributed by atoms with Crippen LogP contribution in [0.15, 0.2) is 113 Å². The van der Waals surface area contributed by atoms with Gasteiger partial charge in [0, 0.05) is 91.7 Å². The van der Waals surface area contributed by atoms with E-state index in [1.807, 2.05) is 110 Å². The number of aliphatic hydroxyl groups excluding tert-OH is 2. The third-order valence-corrected chi connectivity index (χ3v) is 15.5. The van der Waals surface area contributed by atoms with Crippen molar-refractivity contribution in [3.8, 4) is 23.0 Å². The molecular formula is C66H91N3O14. The number of phenolic OH excluding ortho intramolecular Hbond substituents is 4. The molecule has 83 heavy (non-hydrogen) atoms. The molecule has 454 valence electrons. The molecule has 17 heteroatoms. The Morgan fingerprint density at radius 1 is 0.602 bits per heavy atom. The average molecular weight is 1150 g/mol. The Morgan fingerprint density at radius 2 is 1.01 bits per heavy atom. The van der Waals surface area contributed by atoms with Crippen LogP contribution >= 0.6 is 0 Å². The largest absolute Gasteiger partial charge is 0.508 e. The van der Waals surface area contributed by atoms with E-state index in [9.17, 15) is 49.8 Å². The van der Waals surface area contributed by atoms with Crippen molar-refractivity contribution in [3.05, 3.63) is 136 Å². The zero-order valence-corrected chi connectivity index (χ0v) is 50.9. The lowest BCUT2D eigenvalue weighted by Gasteiger charge is -2.29. The molecule has 0 fully saturated rings. The fourth-order valence-electron chi connectivity index (χ4n) is 10.7. The molecule has 2 aliphatic rings. The maximum Gasteiger partial charge on any atom is 0.303 e. The summed E-state index contributed by atoms with van der Waals surface area (Å²) in [6.07, 6.45) is 12.9. The number of carbonyl (C=O) groups is 4. The molecule has 0 aromatic heterocycles. The van der Waals surface area contributed by atoms with Gasteiger partial charge in [0.15, 0.2) is 0 Å². The van der Waals surface area contributed by atoms with Crippen molar-refractivity contribution >= 4 is 40.8 Å². The number of carbonyl (C=O) groups excluding carboxylic acids is 4. The van der Waals surface area contributed by atoms with Crippen LogP contribution in [0.4, 0.5) is 17.1 Å². The van der Waals surface area contributed by atoms with E-state index in [0.717, 1.165) is 16.7 Å². The number of ether oxygens (including phenoxy) is 4. The second-order valence-electron chi connectivity index (χ2n) is 22.7. The van der Waals surface area contributed by atoms with E-state index in [1.54, 1.807) is 45.3 Å². The molecule has 3 aromatic rings. The quantitative estimate of drug-likeness (QED) is 0.0350. The van der Waals surface area contributed by atoms with Gasteiger partial charge in [-0.1, -0.05) is 120 Å². The SMILES string of the molecule is CO[C@H]1C[C@H](C)Cc2c(N)c(O)cc(c2O)NC(=O)/C(C)=C/C=C\[C@H](C)[C@@H](OC(C)=O)/C(C)=C/[C@H](C)[C@H]1O.CO[C@H]1C[C@H](C)Cc2c(O)c(cc(O)c2CCc2ccccc2)NC(=O)/C(C)=C/C=C\[C@H](C)[C@@H](OC(C)=O)/C(C)=C/[C@H](C)[C@H]1O. The van der Waals surface area contributed by atoms with Gasteiger partial charge in [-0.05, 0) is 94.8 Å². The molecule has 0 unspecified atom stereocenters. The topological polar surface area (TPSA) is 277 Å². The summed E-state index contributed by atoms with van der Waals surface area (Å²) in [7, 11) is 3.09. The number of allylic oxidation sites excluding steroid dienone is 4. The molecular weight excluding hydrogens is 1060 g/mol. The molecule has 3 aromatic carbocycles. The van der Waals surface area contributed by atoms with E-state index in [-0.39, 0.29) is 82.0 Å². The molecule has 5 rings (SSSR count). The minimum Gasteiger partial charge on any atom is -0.508 e. The highest BCUT2D eigenvalue weighted by Gasteiger charge is 2.32. The summed E-state index contributed by atoms with van der Waals surface area (Å²) >= 11 is 0. The number of anilines is 3. The summed E-state index contributed by atoms with van der Waals surface area (Å²) in [6, 6.07) is 12.5. The third-order valence-electron chi connectivity index (χ3n) is 15.5. The maximum absolute atomic E-state index is 13.2. The van der Waals surface area contributed by atoms with E-state index in [1.165, 1.54) is 33.1 Å². The lowest BCUT2D eigenvalue weighted by atomic mass is 9.85. The fraction of sp³-hybridized carbons (Fsp3) is 0.485. The zero-order chi connectivity index (χ0) is 62.0. The number of nitrogen functional groups attached to an aromatic ring is 1. The summed E-state index contributed by atoms with van der Waals surface area (Å²) in [5.74, 6) is -3.59. The highest BCUT2D eigenvalue weighted by molar-refractivity contribution is 6.05. The summed E-state index contributed by atoms with van der Waals surface area (Å²) in [4.78, 5) is 49.8. The molecule has 2 amide bonds. The monoisotopic (exact) mass is 1150 g/mol. The zero-order valence-electron chi connectivity index (χ0n) is 50.9. The highest BCUT2D eigenvalue weighted by Crippen LogP contribution is 2.42. The number of hydrogen-bond acceptors (Lipinski definition) is 15. The van der Waals surface area contributed by atoms with Crippen LogP contribution in [0.1, 0.15) is 118 Å². The number of fused-ring (bicyclic) bond motifs is 4. The van der Waals surface area contributed by atoms with Crippen LogP contribution in [-0.4, -0.2) is 105 Å². The smallest absolute Gasteiger partial charge is 0.303 e. The number of benzene rings is 3. The first-order chi connectivity index (χ1) is 39.1. The van der Waals surface area contributed by atoms with E-state index < -0.39 is 60.4 Å². The molecule has 10 N–H and O–H groups in total. The van der Waals surface area contributed by atoms with Gasteiger partial charge >= 0.3 is 11.9 Å². The van der Waals surface area contributed by atoms with E-state index in [0.29, 0.717) is 59.9 Å². The van der Waals surface area contributed by atoms with Crippen molar-refractivity contribution in [1.82, 2.24) is 0 Å². The van der Waals surface area contributed by atoms with Gasteiger partial charge in [-0.3, -0.25) is 19.2 Å². The van der Waals surface area contributed by atoms with Crippen LogP contribution in [-0.2, 0) is 63.8 Å². The summed E-state index contributed by atoms with van der Waals surface area (Å²) in [5.41, 5.74) is 11.2. The molecule has 0 saturated carbocycles. The number of aryl methyl sites for hydroxylation is 1. The number of phenols is 4. The Bertz CT molecular complexity index is 2910. The Morgan fingerprint density at radius 3 is 1.43 bits per heavy atom. The maximum atomic E-state index is 13.2. The normalized spacial score (nSPS) is 29.6. The third kappa shape index (κ3) is 19.7. The van der Waals surface area contributed by atoms with Crippen molar-refractivity contribution in [2.24, 2.45) is 35.5 Å². The van der Waals surface area contributed by atoms with Crippen LogP contribution in [0.2, 0.25) is 0 Å². The van der Waals surface area contributed by atoms with Gasteiger partial charge in [-0.15, -0.1) is 0 Å². The molecule has 4 bridgehead atoms. The van der Waals surface area contributed by atoms with Crippen LogP contribution in [0.25, 0.3) is 0 Å². The van der Waals surface area contributed by atoms with E-state index in [2.05, 4.69) is 10.6 Å². The second-order valence-corrected chi connectivity index (χ2v) is 22.7. The lowest BCUT2D eigenvalue weighted by Crippen LogP contribution is -2.35. The first-order valence-corrected chi connectivity index (χ1v) is 28.5. The first kappa shape index (κ1) is 68.3. The van der Waals surface area contributed by atoms with Crippen LogP contribution in [0.3, 0.4) is 0 Å². The van der Waals surface area contributed by atoms with Gasteiger partial charge in [0.25, 0.3) is 11.8 Å². The van der Waals surface area contributed by atoms with E-state index in [4.69, 9.17) is 24.7 Å². The number of nitrogens with two attached hydrogens (primary N) is 1. The Balaban J connectivity index is 0.000000362. The van der Waals surface area contributed by atoms with Crippen molar-refractivity contribution in [2.75, 3.05) is 30.6 Å². The van der Waals surface area contributed by atoms with Gasteiger partial charge in [0.2, 0.25) is 0 Å². The molecule has 2 heterocycles. The van der Waals surface area contributed by atoms with Gasteiger partial charge < -0.3 is 66.0 Å². The standard InChI is InChI=1S/C37H49NO7.C29H42N2O7/c1-22-18-30-29(17-16-28-14-9-8-10-15-28)32(40)21-31(35(30)42)38-37(43)24(3)13-11-12-23(2)36(45-27(6)39)26(5)20-25(4)34(41)33(19-22)44-7;1-15-11-21-25(30)23(33)14-22(27(21)35)31-29(36)17(3)10-8-9-16(2)28(38-20(6)32)19(5)13-18(4)26(34)24(12-15)37-7/h8-15,20-23,25,33-34,36,40-42H,16-19H2,1-7H3,(H,38,43);8-10,13-16,18,24,26,28,33-35H,11-12,30H2,1-7H3,(H,31,36)/b12-11-,24-13+,26-20+;9-8-,17-10+,19-13+/t22-,23+,25+,33+,34-,36-;15-,16+,18+,24+,26-,28-/m11/s1. The van der Waals surface area contributed by atoms with Gasteiger partial charge in [0.1, 0.15) is 35.2 Å². The van der Waals surface area contributed by atoms with Crippen molar-refractivity contribution in [1.29, 1.82) is 0 Å². The number of nitrogens with one attached hydrogen (secondary N) is 2.